The maximum Gasteiger partial charge on any atom is 0.180 e. The van der Waals surface area contributed by atoms with Crippen LogP contribution in [0.5, 0.6) is 0 Å². The maximum absolute atomic E-state index is 15.1. The zero-order valence-corrected chi connectivity index (χ0v) is 22.5. The van der Waals surface area contributed by atoms with Crippen molar-refractivity contribution in [2.45, 2.75) is 5.92 Å². The van der Waals surface area contributed by atoms with Gasteiger partial charge in [-0.15, -0.1) is 6.42 Å². The first-order valence-electron chi connectivity index (χ1n) is 12.2. The third-order valence-corrected chi connectivity index (χ3v) is 7.07. The van der Waals surface area contributed by atoms with Crippen LogP contribution in [0.15, 0.2) is 11.1 Å². The Hall–Kier alpha value is -6.69. The molecule has 1 fully saturated rings. The van der Waals surface area contributed by atoms with Crippen molar-refractivity contribution in [3.8, 4) is 42.7 Å². The van der Waals surface area contributed by atoms with Gasteiger partial charge in [0.1, 0.15) is 41.0 Å². The Morgan fingerprint density at radius 2 is 0.792 bits per heavy atom. The number of terminal acetylenes is 1. The van der Waals surface area contributed by atoms with Crippen LogP contribution in [0.1, 0.15) is 39.3 Å². The Morgan fingerprint density at radius 1 is 0.479 bits per heavy atom. The molecular formula is C31H3F12N5. The molecule has 3 aromatic rings. The van der Waals surface area contributed by atoms with E-state index in [0.717, 1.165) is 30.3 Å². The summed E-state index contributed by atoms with van der Waals surface area (Å²) in [6, 6.07) is 4.69. The molecule has 0 amide bonds. The second kappa shape index (κ2) is 12.2. The number of nitrogens with zero attached hydrogens (tertiary/aromatic N) is 5. The van der Waals surface area contributed by atoms with Crippen molar-refractivity contribution in [1.29, 1.82) is 26.3 Å². The van der Waals surface area contributed by atoms with Crippen LogP contribution >= 0.6 is 0 Å². The molecule has 0 N–H and O–H groups in total. The molecule has 2 atom stereocenters. The normalized spacial score (nSPS) is 16.0. The zero-order chi connectivity index (χ0) is 36.1. The fourth-order valence-electron chi connectivity index (χ4n) is 4.91. The van der Waals surface area contributed by atoms with Gasteiger partial charge in [-0.3, -0.25) is 0 Å². The van der Waals surface area contributed by atoms with Gasteiger partial charge in [-0.25, -0.2) is 52.7 Å². The Balaban J connectivity index is 2.27. The van der Waals surface area contributed by atoms with Crippen LogP contribution < -0.4 is 0 Å². The van der Waals surface area contributed by atoms with Gasteiger partial charge in [-0.05, 0) is 11.1 Å². The van der Waals surface area contributed by atoms with Crippen LogP contribution in [0.25, 0.3) is 11.1 Å². The fraction of sp³-hybridized carbons (Fsp3) is 0.0645. The van der Waals surface area contributed by atoms with Gasteiger partial charge in [0.2, 0.25) is 0 Å². The number of hydrogen-bond acceptors (Lipinski definition) is 5. The van der Waals surface area contributed by atoms with Crippen molar-refractivity contribution < 1.29 is 52.7 Å². The van der Waals surface area contributed by atoms with E-state index < -0.39 is 137 Å². The summed E-state index contributed by atoms with van der Waals surface area (Å²) in [5, 5.41) is 47.2. The highest BCUT2D eigenvalue weighted by Crippen LogP contribution is 2.60. The molecule has 5 nitrogen and oxygen atoms in total. The molecular weight excluding hydrogens is 670 g/mol. The standard InChI is InChI=1S/C31H3F12N5/c1-2-8-20(32)26(38)17(27(39)21(8)33)9(3-44)14-15(10(4-45)18-28(40)22(34)12(6-47)23(35)29(18)41)16(14)11(5-46)19-30(42)24(36)13(7-48)25(37)31(19)43/h1,10,15H/b14-9+,16-11+. The predicted octanol–water partition coefficient (Wildman–Crippen LogP) is 7.27. The van der Waals surface area contributed by atoms with E-state index >= 15 is 26.3 Å². The summed E-state index contributed by atoms with van der Waals surface area (Å²) in [6.45, 7) is 0. The largest absolute Gasteiger partial charge is 0.203 e. The molecule has 0 saturated heterocycles. The summed E-state index contributed by atoms with van der Waals surface area (Å²) in [5.41, 5.74) is -17.2. The van der Waals surface area contributed by atoms with E-state index in [2.05, 4.69) is 0 Å². The molecule has 17 heteroatoms. The average Bonchev–Trinajstić information content (AvgIpc) is 3.78. The van der Waals surface area contributed by atoms with E-state index in [0.29, 0.717) is 0 Å². The summed E-state index contributed by atoms with van der Waals surface area (Å²) >= 11 is 0. The van der Waals surface area contributed by atoms with Crippen LogP contribution in [-0.2, 0) is 0 Å². The van der Waals surface area contributed by atoms with Crippen molar-refractivity contribution in [3.63, 3.8) is 0 Å². The smallest absolute Gasteiger partial charge is 0.180 e. The highest BCUT2D eigenvalue weighted by atomic mass is 19.2. The minimum absolute atomic E-state index is 0.784. The lowest BCUT2D eigenvalue weighted by Gasteiger charge is -2.13. The Bertz CT molecular complexity index is 2150. The first-order chi connectivity index (χ1) is 22.6. The van der Waals surface area contributed by atoms with Gasteiger partial charge in [0.25, 0.3) is 0 Å². The second-order valence-electron chi connectivity index (χ2n) is 9.31. The summed E-state index contributed by atoms with van der Waals surface area (Å²) in [5.74, 6) is -33.1. The molecule has 1 aliphatic rings. The van der Waals surface area contributed by atoms with Crippen LogP contribution in [0.3, 0.4) is 0 Å². The molecule has 0 aliphatic heterocycles. The molecule has 0 bridgehead atoms. The number of allylic oxidation sites excluding steroid dienone is 4. The lowest BCUT2D eigenvalue weighted by Crippen LogP contribution is -2.12. The third-order valence-electron chi connectivity index (χ3n) is 7.07. The predicted molar refractivity (Wildman–Crippen MR) is 133 cm³/mol. The Labute approximate surface area is 259 Å². The van der Waals surface area contributed by atoms with Gasteiger partial charge < -0.3 is 0 Å². The highest BCUT2D eigenvalue weighted by Gasteiger charge is 2.53. The molecule has 4 rings (SSSR count). The number of hydrogen-bond donors (Lipinski definition) is 0. The lowest BCUT2D eigenvalue weighted by atomic mass is 9.90. The number of nitriles is 5. The highest BCUT2D eigenvalue weighted by molar-refractivity contribution is 5.98. The van der Waals surface area contributed by atoms with E-state index in [1.807, 2.05) is 0 Å². The van der Waals surface area contributed by atoms with Crippen molar-refractivity contribution in [1.82, 2.24) is 0 Å². The van der Waals surface area contributed by atoms with Crippen molar-refractivity contribution >= 4 is 11.1 Å². The van der Waals surface area contributed by atoms with Gasteiger partial charge >= 0.3 is 0 Å². The van der Waals surface area contributed by atoms with Crippen molar-refractivity contribution in [3.05, 3.63) is 114 Å². The molecule has 3 aromatic carbocycles. The first-order valence-corrected chi connectivity index (χ1v) is 12.2. The lowest BCUT2D eigenvalue weighted by molar-refractivity contribution is 0.429. The van der Waals surface area contributed by atoms with E-state index in [1.165, 1.54) is 5.92 Å². The van der Waals surface area contributed by atoms with Crippen LogP contribution in [0.2, 0.25) is 0 Å². The quantitative estimate of drug-likeness (QED) is 0.125. The van der Waals surface area contributed by atoms with E-state index in [1.54, 1.807) is 0 Å². The summed E-state index contributed by atoms with van der Waals surface area (Å²) in [7, 11) is 0. The maximum atomic E-state index is 15.1. The van der Waals surface area contributed by atoms with Crippen LogP contribution in [0, 0.1) is 145 Å². The topological polar surface area (TPSA) is 119 Å². The third kappa shape index (κ3) is 4.66. The van der Waals surface area contributed by atoms with Crippen molar-refractivity contribution in [2.24, 2.45) is 5.92 Å². The van der Waals surface area contributed by atoms with Gasteiger partial charge in [0, 0.05) is 11.5 Å². The van der Waals surface area contributed by atoms with Gasteiger partial charge in [-0.2, -0.15) is 26.3 Å². The van der Waals surface area contributed by atoms with Gasteiger partial charge in [-0.1, -0.05) is 5.92 Å². The minimum atomic E-state index is -2.82. The van der Waals surface area contributed by atoms with E-state index in [-0.39, 0.29) is 0 Å². The monoisotopic (exact) mass is 673 g/mol. The summed E-state index contributed by atoms with van der Waals surface area (Å²) in [6.07, 6.45) is 4.83. The van der Waals surface area contributed by atoms with Gasteiger partial charge in [0.05, 0.1) is 34.3 Å². The molecule has 0 aromatic heterocycles. The molecule has 236 valence electrons. The molecule has 1 aliphatic carbocycles. The Morgan fingerprint density at radius 3 is 1.06 bits per heavy atom. The summed E-state index contributed by atoms with van der Waals surface area (Å²) in [4.78, 5) is 0. The van der Waals surface area contributed by atoms with E-state index in [9.17, 15) is 42.1 Å². The van der Waals surface area contributed by atoms with Crippen LogP contribution in [-0.4, -0.2) is 0 Å². The minimum Gasteiger partial charge on any atom is -0.203 e. The average molecular weight is 673 g/mol. The number of benzene rings is 3. The molecule has 0 heterocycles. The zero-order valence-electron chi connectivity index (χ0n) is 22.5. The Kier molecular flexibility index (Phi) is 8.72. The SMILES string of the molecule is C#Cc1c(F)c(F)c(/C(C#N)=C2/C(=C(/C#N)c3c(F)c(F)c(C#N)c(F)c3F)C2C(C#N)c2c(F)c(F)c(C#N)c(F)c2F)c(F)c1F. The van der Waals surface area contributed by atoms with Crippen molar-refractivity contribution in [2.75, 3.05) is 0 Å². The van der Waals surface area contributed by atoms with E-state index in [4.69, 9.17) is 16.9 Å². The number of halogens is 12. The fourth-order valence-corrected chi connectivity index (χ4v) is 4.91. The second-order valence-corrected chi connectivity index (χ2v) is 9.31. The molecule has 2 unspecified atom stereocenters. The summed E-state index contributed by atoms with van der Waals surface area (Å²) < 4.78 is 178. The molecule has 48 heavy (non-hydrogen) atoms. The van der Waals surface area contributed by atoms with Crippen LogP contribution in [0.4, 0.5) is 52.7 Å². The molecule has 0 spiro atoms. The first kappa shape index (κ1) is 34.2. The number of rotatable bonds is 4. The van der Waals surface area contributed by atoms with Gasteiger partial charge in [0.15, 0.2) is 69.8 Å². The molecule has 0 radical (unpaired) electrons. The molecule has 1 saturated carbocycles.